The number of aliphatic hydroxyl groups is 1. The standard InChI is InChI=1S/C10H11BrO/c1-7-6-8(2-3-9(7)11)10(12)4-5-10/h2-3,6,12H,4-5H2,1H3. The summed E-state index contributed by atoms with van der Waals surface area (Å²) < 4.78 is 1.11. The Morgan fingerprint density at radius 1 is 1.42 bits per heavy atom. The maximum Gasteiger partial charge on any atom is 0.0899 e. The van der Waals surface area contributed by atoms with E-state index in [2.05, 4.69) is 22.0 Å². The molecule has 0 unspecified atom stereocenters. The SMILES string of the molecule is Cc1cc(C2(O)CC2)ccc1Br. The maximum absolute atomic E-state index is 9.80. The van der Waals surface area contributed by atoms with Gasteiger partial charge in [-0.25, -0.2) is 0 Å². The minimum Gasteiger partial charge on any atom is -0.385 e. The molecule has 1 aliphatic rings. The van der Waals surface area contributed by atoms with Crippen molar-refractivity contribution in [1.82, 2.24) is 0 Å². The highest BCUT2D eigenvalue weighted by molar-refractivity contribution is 9.10. The second kappa shape index (κ2) is 2.57. The van der Waals surface area contributed by atoms with E-state index in [4.69, 9.17) is 0 Å². The van der Waals surface area contributed by atoms with Gasteiger partial charge in [0.15, 0.2) is 0 Å². The summed E-state index contributed by atoms with van der Waals surface area (Å²) in [6.07, 6.45) is 1.82. The molecule has 1 saturated carbocycles. The van der Waals surface area contributed by atoms with Crippen molar-refractivity contribution >= 4 is 15.9 Å². The first-order valence-electron chi connectivity index (χ1n) is 4.11. The highest BCUT2D eigenvalue weighted by Gasteiger charge is 2.42. The average molecular weight is 227 g/mol. The Morgan fingerprint density at radius 3 is 2.58 bits per heavy atom. The van der Waals surface area contributed by atoms with Crippen LogP contribution in [0, 0.1) is 6.92 Å². The molecular weight excluding hydrogens is 216 g/mol. The highest BCUT2D eigenvalue weighted by Crippen LogP contribution is 2.45. The van der Waals surface area contributed by atoms with Crippen molar-refractivity contribution in [1.29, 1.82) is 0 Å². The van der Waals surface area contributed by atoms with Gasteiger partial charge in [-0.15, -0.1) is 0 Å². The van der Waals surface area contributed by atoms with Crippen molar-refractivity contribution in [3.8, 4) is 0 Å². The summed E-state index contributed by atoms with van der Waals surface area (Å²) in [6.45, 7) is 2.04. The van der Waals surface area contributed by atoms with Gasteiger partial charge in [-0.05, 0) is 37.0 Å². The predicted molar refractivity (Wildman–Crippen MR) is 52.0 cm³/mol. The van der Waals surface area contributed by atoms with Crippen LogP contribution in [-0.2, 0) is 5.60 Å². The Morgan fingerprint density at radius 2 is 2.08 bits per heavy atom. The van der Waals surface area contributed by atoms with Gasteiger partial charge in [-0.2, -0.15) is 0 Å². The topological polar surface area (TPSA) is 20.2 Å². The Balaban J connectivity index is 2.41. The molecule has 1 aliphatic carbocycles. The molecule has 0 amide bonds. The first-order chi connectivity index (χ1) is 5.62. The zero-order valence-corrected chi connectivity index (χ0v) is 8.56. The van der Waals surface area contributed by atoms with Crippen LogP contribution in [0.5, 0.6) is 0 Å². The Bertz CT molecular complexity index is 316. The fraction of sp³-hybridized carbons (Fsp3) is 0.400. The van der Waals surface area contributed by atoms with E-state index in [0.29, 0.717) is 0 Å². The van der Waals surface area contributed by atoms with Gasteiger partial charge < -0.3 is 5.11 Å². The molecule has 1 nitrogen and oxygen atoms in total. The predicted octanol–water partition coefficient (Wildman–Crippen LogP) is 2.74. The van der Waals surface area contributed by atoms with E-state index in [9.17, 15) is 5.11 Å². The van der Waals surface area contributed by atoms with Crippen molar-refractivity contribution in [2.24, 2.45) is 0 Å². The van der Waals surface area contributed by atoms with E-state index in [1.165, 1.54) is 5.56 Å². The van der Waals surface area contributed by atoms with Crippen LogP contribution in [-0.4, -0.2) is 5.11 Å². The van der Waals surface area contributed by atoms with Crippen LogP contribution in [0.3, 0.4) is 0 Å². The fourth-order valence-electron chi connectivity index (χ4n) is 1.34. The lowest BCUT2D eigenvalue weighted by molar-refractivity contribution is 0.151. The molecule has 0 saturated heterocycles. The lowest BCUT2D eigenvalue weighted by Gasteiger charge is -2.09. The Kier molecular flexibility index (Phi) is 1.77. The van der Waals surface area contributed by atoms with Crippen LogP contribution in [0.2, 0.25) is 0 Å². The molecule has 2 rings (SSSR count). The summed E-state index contributed by atoms with van der Waals surface area (Å²) in [5.41, 5.74) is 1.75. The van der Waals surface area contributed by atoms with Crippen molar-refractivity contribution < 1.29 is 5.11 Å². The number of rotatable bonds is 1. The van der Waals surface area contributed by atoms with Crippen LogP contribution in [0.15, 0.2) is 22.7 Å². The lowest BCUT2D eigenvalue weighted by Crippen LogP contribution is -2.03. The van der Waals surface area contributed by atoms with E-state index >= 15 is 0 Å². The maximum atomic E-state index is 9.80. The number of aryl methyl sites for hydroxylation is 1. The van der Waals surface area contributed by atoms with E-state index in [1.54, 1.807) is 0 Å². The molecule has 0 bridgehead atoms. The molecule has 0 aromatic heterocycles. The summed E-state index contributed by atoms with van der Waals surface area (Å²) in [4.78, 5) is 0. The van der Waals surface area contributed by atoms with Crippen LogP contribution in [0.25, 0.3) is 0 Å². The quantitative estimate of drug-likeness (QED) is 0.782. The third-order valence-corrected chi connectivity index (χ3v) is 3.31. The van der Waals surface area contributed by atoms with Gasteiger partial charge in [0.05, 0.1) is 5.60 Å². The molecule has 12 heavy (non-hydrogen) atoms. The smallest absolute Gasteiger partial charge is 0.0899 e. The van der Waals surface area contributed by atoms with Gasteiger partial charge >= 0.3 is 0 Å². The minimum absolute atomic E-state index is 0.495. The molecule has 1 aromatic carbocycles. The normalized spacial score (nSPS) is 19.2. The summed E-state index contributed by atoms with van der Waals surface area (Å²) >= 11 is 3.43. The molecule has 2 heteroatoms. The molecule has 0 aliphatic heterocycles. The first kappa shape index (κ1) is 8.27. The molecule has 64 valence electrons. The van der Waals surface area contributed by atoms with Crippen molar-refractivity contribution in [3.63, 3.8) is 0 Å². The largest absolute Gasteiger partial charge is 0.385 e. The third-order valence-electron chi connectivity index (χ3n) is 2.42. The van der Waals surface area contributed by atoms with Crippen molar-refractivity contribution in [2.45, 2.75) is 25.4 Å². The Labute approximate surface area is 80.5 Å². The zero-order valence-electron chi connectivity index (χ0n) is 6.97. The van der Waals surface area contributed by atoms with Crippen molar-refractivity contribution in [3.05, 3.63) is 33.8 Å². The summed E-state index contributed by atoms with van der Waals surface area (Å²) in [7, 11) is 0. The average Bonchev–Trinajstić information content (AvgIpc) is 2.75. The van der Waals surface area contributed by atoms with Gasteiger partial charge in [0.2, 0.25) is 0 Å². The minimum atomic E-state index is -0.495. The van der Waals surface area contributed by atoms with Gasteiger partial charge in [0, 0.05) is 4.47 Å². The molecule has 0 heterocycles. The highest BCUT2D eigenvalue weighted by atomic mass is 79.9. The number of hydrogen-bond donors (Lipinski definition) is 1. The fourth-order valence-corrected chi connectivity index (χ4v) is 1.59. The van der Waals surface area contributed by atoms with Crippen LogP contribution in [0.4, 0.5) is 0 Å². The van der Waals surface area contributed by atoms with E-state index in [-0.39, 0.29) is 0 Å². The van der Waals surface area contributed by atoms with Gasteiger partial charge in [-0.1, -0.05) is 28.1 Å². The summed E-state index contributed by atoms with van der Waals surface area (Å²) in [5, 5.41) is 9.80. The van der Waals surface area contributed by atoms with Crippen LogP contribution in [0.1, 0.15) is 24.0 Å². The monoisotopic (exact) mass is 226 g/mol. The summed E-state index contributed by atoms with van der Waals surface area (Å²) in [6, 6.07) is 6.04. The second-order valence-electron chi connectivity index (χ2n) is 3.50. The van der Waals surface area contributed by atoms with Gasteiger partial charge in [0.1, 0.15) is 0 Å². The molecule has 1 aromatic rings. The van der Waals surface area contributed by atoms with Gasteiger partial charge in [-0.3, -0.25) is 0 Å². The van der Waals surface area contributed by atoms with E-state index < -0.39 is 5.60 Å². The van der Waals surface area contributed by atoms with Crippen LogP contribution >= 0.6 is 15.9 Å². The molecular formula is C10H11BrO. The molecule has 0 atom stereocenters. The number of hydrogen-bond acceptors (Lipinski definition) is 1. The molecule has 0 radical (unpaired) electrons. The van der Waals surface area contributed by atoms with E-state index in [1.807, 2.05) is 19.1 Å². The van der Waals surface area contributed by atoms with E-state index in [0.717, 1.165) is 22.9 Å². The molecule has 0 spiro atoms. The summed E-state index contributed by atoms with van der Waals surface area (Å²) in [5.74, 6) is 0. The number of halogens is 1. The second-order valence-corrected chi connectivity index (χ2v) is 4.35. The molecule has 1 N–H and O–H groups in total. The molecule has 1 fully saturated rings. The zero-order chi connectivity index (χ0) is 8.77. The first-order valence-corrected chi connectivity index (χ1v) is 4.90. The van der Waals surface area contributed by atoms with Crippen molar-refractivity contribution in [2.75, 3.05) is 0 Å². The van der Waals surface area contributed by atoms with Crippen LogP contribution < -0.4 is 0 Å². The third kappa shape index (κ3) is 1.29. The number of benzene rings is 1. The van der Waals surface area contributed by atoms with Gasteiger partial charge in [0.25, 0.3) is 0 Å². The lowest BCUT2D eigenvalue weighted by atomic mass is 10.1. The Hall–Kier alpha value is -0.340.